The van der Waals surface area contributed by atoms with E-state index in [0.29, 0.717) is 13.0 Å². The minimum Gasteiger partial charge on any atom is -0.350 e. The molecular formula is C16H23ClN6O2S. The second-order valence-electron chi connectivity index (χ2n) is 5.41. The van der Waals surface area contributed by atoms with Crippen molar-refractivity contribution < 1.29 is 9.59 Å². The highest BCUT2D eigenvalue weighted by Gasteiger charge is 2.15. The Labute approximate surface area is 162 Å². The monoisotopic (exact) mass is 398 g/mol. The maximum absolute atomic E-state index is 11.9. The summed E-state index contributed by atoms with van der Waals surface area (Å²) in [5, 5.41) is 9.42. The van der Waals surface area contributed by atoms with Crippen LogP contribution in [0.25, 0.3) is 0 Å². The Balaban J connectivity index is 0.00000338. The van der Waals surface area contributed by atoms with Crippen LogP contribution in [0.1, 0.15) is 12.0 Å². The number of carbonyl (C=O) groups excluding carboxylic acids is 2. The number of aromatic nitrogens is 3. The van der Waals surface area contributed by atoms with Gasteiger partial charge < -0.3 is 11.1 Å². The number of halogens is 1. The molecule has 0 saturated heterocycles. The molecule has 10 heteroatoms. The molecule has 0 aliphatic heterocycles. The van der Waals surface area contributed by atoms with E-state index in [0.717, 1.165) is 11.3 Å². The average Bonchev–Trinajstić information content (AvgIpc) is 3.05. The number of rotatable bonds is 9. The first-order chi connectivity index (χ1) is 12.1. The Bertz CT molecular complexity index is 697. The molecule has 1 atom stereocenters. The largest absolute Gasteiger partial charge is 0.350 e. The van der Waals surface area contributed by atoms with Crippen molar-refractivity contribution in [2.24, 2.45) is 5.73 Å². The number of amides is 2. The first-order valence-electron chi connectivity index (χ1n) is 7.84. The molecule has 0 unspecified atom stereocenters. The van der Waals surface area contributed by atoms with Gasteiger partial charge in [-0.3, -0.25) is 14.9 Å². The highest BCUT2D eigenvalue weighted by Crippen LogP contribution is 2.03. The molecule has 0 radical (unpaired) electrons. The third kappa shape index (κ3) is 7.42. The number of nitrogens with zero attached hydrogens (tertiary/aromatic N) is 3. The zero-order valence-electron chi connectivity index (χ0n) is 14.4. The third-order valence-corrected chi connectivity index (χ3v) is 4.02. The fourth-order valence-corrected chi connectivity index (χ4v) is 2.50. The van der Waals surface area contributed by atoms with E-state index in [9.17, 15) is 9.59 Å². The lowest BCUT2D eigenvalue weighted by Gasteiger charge is -2.09. The van der Waals surface area contributed by atoms with Crippen LogP contribution in [-0.2, 0) is 22.7 Å². The molecule has 0 fully saturated rings. The van der Waals surface area contributed by atoms with E-state index >= 15 is 0 Å². The summed E-state index contributed by atoms with van der Waals surface area (Å²) in [6.07, 6.45) is 3.93. The van der Waals surface area contributed by atoms with Crippen LogP contribution in [0, 0.1) is 0 Å². The number of benzene rings is 1. The van der Waals surface area contributed by atoms with Crippen LogP contribution < -0.4 is 16.4 Å². The highest BCUT2D eigenvalue weighted by molar-refractivity contribution is 7.98. The first-order valence-corrected chi connectivity index (χ1v) is 9.23. The second-order valence-corrected chi connectivity index (χ2v) is 6.39. The van der Waals surface area contributed by atoms with E-state index < -0.39 is 6.04 Å². The Morgan fingerprint density at radius 1 is 1.31 bits per heavy atom. The molecule has 2 aromatic rings. The zero-order chi connectivity index (χ0) is 18.1. The van der Waals surface area contributed by atoms with Crippen molar-refractivity contribution in [2.45, 2.75) is 25.6 Å². The number of thioether (sulfide) groups is 1. The van der Waals surface area contributed by atoms with Gasteiger partial charge in [-0.05, 0) is 24.0 Å². The zero-order valence-corrected chi connectivity index (χ0v) is 16.1. The van der Waals surface area contributed by atoms with Gasteiger partial charge in [-0.25, -0.2) is 9.67 Å². The number of anilines is 1. The Kier molecular flexibility index (Phi) is 9.71. The van der Waals surface area contributed by atoms with Gasteiger partial charge in [0.1, 0.15) is 12.9 Å². The summed E-state index contributed by atoms with van der Waals surface area (Å²) in [5.41, 5.74) is 6.80. The van der Waals surface area contributed by atoms with Crippen molar-refractivity contribution in [2.75, 3.05) is 17.3 Å². The Morgan fingerprint density at radius 3 is 2.73 bits per heavy atom. The normalized spacial score (nSPS) is 11.3. The summed E-state index contributed by atoms with van der Waals surface area (Å²) in [6, 6.07) is 9.01. The molecule has 26 heavy (non-hydrogen) atoms. The molecule has 0 aliphatic rings. The van der Waals surface area contributed by atoms with Crippen LogP contribution in [0.2, 0.25) is 0 Å². The van der Waals surface area contributed by atoms with Crippen LogP contribution in [0.5, 0.6) is 0 Å². The number of carbonyl (C=O) groups is 2. The van der Waals surface area contributed by atoms with Gasteiger partial charge in [-0.2, -0.15) is 11.8 Å². The van der Waals surface area contributed by atoms with Crippen LogP contribution >= 0.6 is 24.2 Å². The maximum Gasteiger partial charge on any atom is 0.248 e. The van der Waals surface area contributed by atoms with Crippen molar-refractivity contribution >= 4 is 41.9 Å². The van der Waals surface area contributed by atoms with Crippen molar-refractivity contribution in [3.63, 3.8) is 0 Å². The molecule has 2 rings (SSSR count). The molecule has 0 bridgehead atoms. The molecule has 4 N–H and O–H groups in total. The van der Waals surface area contributed by atoms with E-state index in [1.807, 2.05) is 36.6 Å². The van der Waals surface area contributed by atoms with Gasteiger partial charge in [0, 0.05) is 6.54 Å². The van der Waals surface area contributed by atoms with Crippen molar-refractivity contribution in [3.8, 4) is 0 Å². The van der Waals surface area contributed by atoms with Crippen LogP contribution in [0.4, 0.5) is 5.95 Å². The Morgan fingerprint density at radius 2 is 2.04 bits per heavy atom. The predicted molar refractivity (Wildman–Crippen MR) is 105 cm³/mol. The molecule has 0 saturated carbocycles. The van der Waals surface area contributed by atoms with Crippen LogP contribution in [0.3, 0.4) is 0 Å². The summed E-state index contributed by atoms with van der Waals surface area (Å²) < 4.78 is 1.36. The number of nitrogens with two attached hydrogens (primary N) is 1. The second kappa shape index (κ2) is 11.5. The van der Waals surface area contributed by atoms with Gasteiger partial charge in [0.05, 0.1) is 6.04 Å². The van der Waals surface area contributed by atoms with Crippen LogP contribution in [-0.4, -0.2) is 44.6 Å². The van der Waals surface area contributed by atoms with Gasteiger partial charge >= 0.3 is 0 Å². The SMILES string of the molecule is CSCC[C@H](N)C(=O)Nc1ncn(CC(=O)NCc2ccccc2)n1.Cl. The van der Waals surface area contributed by atoms with Gasteiger partial charge in [-0.15, -0.1) is 17.5 Å². The van der Waals surface area contributed by atoms with Crippen molar-refractivity contribution in [3.05, 3.63) is 42.2 Å². The van der Waals surface area contributed by atoms with Gasteiger partial charge in [-0.1, -0.05) is 30.3 Å². The summed E-state index contributed by atoms with van der Waals surface area (Å²) in [6.45, 7) is 0.469. The number of hydrogen-bond donors (Lipinski definition) is 3. The molecule has 8 nitrogen and oxygen atoms in total. The maximum atomic E-state index is 11.9. The van der Waals surface area contributed by atoms with Gasteiger partial charge in [0.2, 0.25) is 17.8 Å². The third-order valence-electron chi connectivity index (χ3n) is 3.38. The summed E-state index contributed by atoms with van der Waals surface area (Å²) >= 11 is 1.63. The first kappa shape index (κ1) is 21.9. The van der Waals surface area contributed by atoms with Crippen molar-refractivity contribution in [1.82, 2.24) is 20.1 Å². The minimum atomic E-state index is -0.603. The lowest BCUT2D eigenvalue weighted by Crippen LogP contribution is -2.36. The van der Waals surface area contributed by atoms with Crippen molar-refractivity contribution in [1.29, 1.82) is 0 Å². The number of nitrogens with one attached hydrogen (secondary N) is 2. The van der Waals surface area contributed by atoms with E-state index in [1.165, 1.54) is 11.0 Å². The fraction of sp³-hybridized carbons (Fsp3) is 0.375. The van der Waals surface area contributed by atoms with E-state index in [2.05, 4.69) is 20.7 Å². The van der Waals surface area contributed by atoms with Gasteiger partial charge in [0.15, 0.2) is 0 Å². The van der Waals surface area contributed by atoms with Crippen LogP contribution in [0.15, 0.2) is 36.7 Å². The molecule has 1 aromatic heterocycles. The quantitative estimate of drug-likeness (QED) is 0.581. The summed E-state index contributed by atoms with van der Waals surface area (Å²) in [5.74, 6) is 0.419. The molecule has 0 spiro atoms. The lowest BCUT2D eigenvalue weighted by molar-refractivity contribution is -0.122. The minimum absolute atomic E-state index is 0. The van der Waals surface area contributed by atoms with E-state index in [4.69, 9.17) is 5.73 Å². The molecule has 142 valence electrons. The smallest absolute Gasteiger partial charge is 0.248 e. The van der Waals surface area contributed by atoms with E-state index in [-0.39, 0.29) is 36.7 Å². The highest BCUT2D eigenvalue weighted by atomic mass is 35.5. The predicted octanol–water partition coefficient (Wildman–Crippen LogP) is 1.04. The summed E-state index contributed by atoms with van der Waals surface area (Å²) in [7, 11) is 0. The lowest BCUT2D eigenvalue weighted by atomic mass is 10.2. The molecule has 2 amide bonds. The number of hydrogen-bond acceptors (Lipinski definition) is 6. The molecule has 0 aliphatic carbocycles. The fourth-order valence-electron chi connectivity index (χ4n) is 2.01. The topological polar surface area (TPSA) is 115 Å². The average molecular weight is 399 g/mol. The summed E-state index contributed by atoms with van der Waals surface area (Å²) in [4.78, 5) is 27.8. The standard InChI is InChI=1S/C16H22N6O2S.ClH/c1-25-8-7-13(17)15(24)20-16-19-11-22(21-16)10-14(23)18-9-12-5-3-2-4-6-12;/h2-6,11,13H,7-10,17H2,1H3,(H,18,23)(H,20,21,24);1H/t13-;/m0./s1. The van der Waals surface area contributed by atoms with E-state index in [1.54, 1.807) is 11.8 Å². The Hall–Kier alpha value is -2.10. The molecule has 1 aromatic carbocycles. The molecule has 1 heterocycles. The molecular weight excluding hydrogens is 376 g/mol. The van der Waals surface area contributed by atoms with Gasteiger partial charge in [0.25, 0.3) is 0 Å².